The second-order valence-corrected chi connectivity index (χ2v) is 5.00. The summed E-state index contributed by atoms with van der Waals surface area (Å²) in [4.78, 5) is 18.1. The molecule has 1 fully saturated rings. The van der Waals surface area contributed by atoms with E-state index in [0.29, 0.717) is 4.99 Å². The van der Waals surface area contributed by atoms with Crippen LogP contribution >= 0.6 is 12.2 Å². The third-order valence-electron chi connectivity index (χ3n) is 3.12. The minimum atomic E-state index is 0.0769. The molecule has 98 valence electrons. The predicted molar refractivity (Wildman–Crippen MR) is 73.1 cm³/mol. The van der Waals surface area contributed by atoms with Crippen molar-refractivity contribution in [3.8, 4) is 0 Å². The van der Waals surface area contributed by atoms with Gasteiger partial charge < -0.3 is 15.5 Å². The summed E-state index contributed by atoms with van der Waals surface area (Å²) in [6.45, 7) is 5.26. The van der Waals surface area contributed by atoms with Crippen LogP contribution in [0, 0.1) is 0 Å². The number of amides is 2. The van der Waals surface area contributed by atoms with Crippen molar-refractivity contribution in [1.29, 1.82) is 0 Å². The van der Waals surface area contributed by atoms with Gasteiger partial charge in [0.2, 0.25) is 0 Å². The number of hydrogen-bond acceptors (Lipinski definition) is 3. The summed E-state index contributed by atoms with van der Waals surface area (Å²) in [6.07, 6.45) is 0.928. The van der Waals surface area contributed by atoms with Crippen molar-refractivity contribution in [3.05, 3.63) is 0 Å². The third kappa shape index (κ3) is 3.54. The molecule has 0 radical (unpaired) electrons. The van der Waals surface area contributed by atoms with E-state index < -0.39 is 0 Å². The van der Waals surface area contributed by atoms with Crippen molar-refractivity contribution in [2.45, 2.75) is 19.4 Å². The summed E-state index contributed by atoms with van der Waals surface area (Å²) in [6, 6.07) is 0.245. The lowest BCUT2D eigenvalue weighted by Crippen LogP contribution is -2.56. The minimum absolute atomic E-state index is 0.0769. The quantitative estimate of drug-likeness (QED) is 0.742. The van der Waals surface area contributed by atoms with Crippen molar-refractivity contribution in [3.63, 3.8) is 0 Å². The highest BCUT2D eigenvalue weighted by molar-refractivity contribution is 7.80. The molecular formula is C11H22N4OS. The van der Waals surface area contributed by atoms with Gasteiger partial charge in [-0.2, -0.15) is 0 Å². The first kappa shape index (κ1) is 14.2. The predicted octanol–water partition coefficient (Wildman–Crippen LogP) is 0.350. The molecule has 0 spiro atoms. The topological polar surface area (TPSA) is 52.8 Å². The third-order valence-corrected chi connectivity index (χ3v) is 3.40. The van der Waals surface area contributed by atoms with Crippen LogP contribution in [0.5, 0.6) is 0 Å². The zero-order valence-corrected chi connectivity index (χ0v) is 11.7. The van der Waals surface area contributed by atoms with Gasteiger partial charge in [-0.05, 0) is 6.42 Å². The lowest BCUT2D eigenvalue weighted by molar-refractivity contribution is 0.113. The van der Waals surface area contributed by atoms with Gasteiger partial charge in [0.25, 0.3) is 0 Å². The fourth-order valence-corrected chi connectivity index (χ4v) is 2.46. The number of hydrogen-bond donors (Lipinski definition) is 1. The molecule has 0 saturated carbocycles. The molecule has 0 bridgehead atoms. The van der Waals surface area contributed by atoms with Gasteiger partial charge in [-0.3, -0.25) is 4.90 Å². The molecule has 2 amide bonds. The van der Waals surface area contributed by atoms with Gasteiger partial charge in [-0.15, -0.1) is 0 Å². The maximum atomic E-state index is 11.8. The normalized spacial score (nSPS) is 18.9. The molecule has 1 aliphatic rings. The number of carbonyl (C=O) groups excluding carboxylic acids is 1. The zero-order chi connectivity index (χ0) is 13.0. The maximum Gasteiger partial charge on any atom is 0.319 e. The van der Waals surface area contributed by atoms with Crippen LogP contribution in [-0.4, -0.2) is 72.0 Å². The fourth-order valence-electron chi connectivity index (χ4n) is 2.15. The molecule has 6 heteroatoms. The Kier molecular flexibility index (Phi) is 5.14. The Hall–Kier alpha value is -0.880. The Morgan fingerprint density at radius 2 is 1.88 bits per heavy atom. The molecule has 0 aromatic heterocycles. The summed E-state index contributed by atoms with van der Waals surface area (Å²) >= 11 is 5.07. The maximum absolute atomic E-state index is 11.8. The smallest absolute Gasteiger partial charge is 0.319 e. The SMILES string of the molecule is CCC(C(N)=S)N1CCN(C(=O)N(C)C)CC1. The van der Waals surface area contributed by atoms with Gasteiger partial charge in [-0.1, -0.05) is 19.1 Å². The van der Waals surface area contributed by atoms with Crippen LogP contribution in [0.1, 0.15) is 13.3 Å². The van der Waals surface area contributed by atoms with E-state index in [1.54, 1.807) is 19.0 Å². The number of piperazine rings is 1. The highest BCUT2D eigenvalue weighted by Crippen LogP contribution is 2.10. The summed E-state index contributed by atoms with van der Waals surface area (Å²) in [5, 5.41) is 0. The molecule has 1 atom stereocenters. The molecule has 1 aliphatic heterocycles. The Bertz CT molecular complexity index is 287. The van der Waals surface area contributed by atoms with E-state index in [4.69, 9.17) is 18.0 Å². The van der Waals surface area contributed by atoms with E-state index in [9.17, 15) is 4.79 Å². The number of nitrogens with zero attached hydrogens (tertiary/aromatic N) is 3. The van der Waals surface area contributed by atoms with E-state index in [1.807, 2.05) is 4.90 Å². The lowest BCUT2D eigenvalue weighted by Gasteiger charge is -2.39. The zero-order valence-electron chi connectivity index (χ0n) is 10.8. The van der Waals surface area contributed by atoms with Crippen LogP contribution in [0.2, 0.25) is 0 Å². The van der Waals surface area contributed by atoms with Crippen molar-refractivity contribution in [2.75, 3.05) is 40.3 Å². The highest BCUT2D eigenvalue weighted by atomic mass is 32.1. The average Bonchev–Trinajstić information content (AvgIpc) is 2.29. The van der Waals surface area contributed by atoms with Gasteiger partial charge in [0.05, 0.1) is 11.0 Å². The number of carbonyl (C=O) groups is 1. The second-order valence-electron chi connectivity index (χ2n) is 4.53. The number of thiocarbonyl (C=S) groups is 1. The largest absolute Gasteiger partial charge is 0.392 e. The van der Waals surface area contributed by atoms with Crippen LogP contribution in [0.25, 0.3) is 0 Å². The van der Waals surface area contributed by atoms with E-state index in [0.717, 1.165) is 32.6 Å². The first-order chi connectivity index (χ1) is 7.97. The molecule has 1 rings (SSSR count). The summed E-state index contributed by atoms with van der Waals surface area (Å²) < 4.78 is 0. The number of rotatable bonds is 3. The Morgan fingerprint density at radius 1 is 1.35 bits per heavy atom. The van der Waals surface area contributed by atoms with Gasteiger partial charge in [0, 0.05) is 40.3 Å². The van der Waals surface area contributed by atoms with Crippen molar-refractivity contribution < 1.29 is 4.79 Å². The van der Waals surface area contributed by atoms with Gasteiger partial charge >= 0.3 is 6.03 Å². The van der Waals surface area contributed by atoms with Crippen molar-refractivity contribution in [2.24, 2.45) is 5.73 Å². The molecule has 0 aliphatic carbocycles. The van der Waals surface area contributed by atoms with Crippen LogP contribution < -0.4 is 5.73 Å². The standard InChI is InChI=1S/C11H22N4OS/c1-4-9(10(12)17)14-5-7-15(8-6-14)11(16)13(2)3/h9H,4-8H2,1-3H3,(H2,12,17). The summed E-state index contributed by atoms with van der Waals surface area (Å²) in [5.74, 6) is 0. The van der Waals surface area contributed by atoms with Crippen molar-refractivity contribution >= 4 is 23.2 Å². The Balaban J connectivity index is 2.50. The Labute approximate surface area is 109 Å². The number of nitrogens with two attached hydrogens (primary N) is 1. The molecule has 1 heterocycles. The first-order valence-corrected chi connectivity index (χ1v) is 6.37. The van der Waals surface area contributed by atoms with E-state index in [2.05, 4.69) is 11.8 Å². The Morgan fingerprint density at radius 3 is 2.24 bits per heavy atom. The molecule has 0 aromatic carbocycles. The van der Waals surface area contributed by atoms with Gasteiger partial charge in [0.1, 0.15) is 0 Å². The van der Waals surface area contributed by atoms with E-state index in [-0.39, 0.29) is 12.1 Å². The fraction of sp³-hybridized carbons (Fsp3) is 0.818. The van der Waals surface area contributed by atoms with Crippen LogP contribution in [0.15, 0.2) is 0 Å². The summed E-state index contributed by atoms with van der Waals surface area (Å²) in [5.41, 5.74) is 5.72. The first-order valence-electron chi connectivity index (χ1n) is 5.97. The highest BCUT2D eigenvalue weighted by Gasteiger charge is 2.26. The summed E-state index contributed by atoms with van der Waals surface area (Å²) in [7, 11) is 3.55. The van der Waals surface area contributed by atoms with Crippen molar-refractivity contribution in [1.82, 2.24) is 14.7 Å². The minimum Gasteiger partial charge on any atom is -0.392 e. The molecule has 1 saturated heterocycles. The molecule has 1 unspecified atom stereocenters. The van der Waals surface area contributed by atoms with Crippen LogP contribution in [-0.2, 0) is 0 Å². The molecular weight excluding hydrogens is 236 g/mol. The van der Waals surface area contributed by atoms with Crippen LogP contribution in [0.4, 0.5) is 4.79 Å². The van der Waals surface area contributed by atoms with E-state index >= 15 is 0 Å². The molecule has 0 aromatic rings. The second kappa shape index (κ2) is 6.16. The van der Waals surface area contributed by atoms with Crippen LogP contribution in [0.3, 0.4) is 0 Å². The lowest BCUT2D eigenvalue weighted by atomic mass is 10.1. The van der Waals surface area contributed by atoms with Gasteiger partial charge in [-0.25, -0.2) is 4.79 Å². The average molecular weight is 258 g/mol. The van der Waals surface area contributed by atoms with Gasteiger partial charge in [0.15, 0.2) is 0 Å². The number of urea groups is 1. The van der Waals surface area contributed by atoms with E-state index in [1.165, 1.54) is 0 Å². The molecule has 2 N–H and O–H groups in total. The monoisotopic (exact) mass is 258 g/mol. The molecule has 5 nitrogen and oxygen atoms in total. The molecule has 17 heavy (non-hydrogen) atoms.